The number of phenolic OH excluding ortho intramolecular Hbond substituents is 1. The lowest BCUT2D eigenvalue weighted by Gasteiger charge is -2.12. The van der Waals surface area contributed by atoms with Crippen LogP contribution < -0.4 is 4.72 Å². The number of rotatable bonds is 5. The first kappa shape index (κ1) is 18.2. The average molecular weight is 446 g/mol. The van der Waals surface area contributed by atoms with Crippen LogP contribution >= 0.6 is 15.9 Å². The minimum atomic E-state index is -4.08. The molecule has 134 valence electrons. The van der Waals surface area contributed by atoms with Crippen molar-refractivity contribution in [2.24, 2.45) is 0 Å². The molecule has 25 heavy (non-hydrogen) atoms. The van der Waals surface area contributed by atoms with Crippen molar-refractivity contribution < 1.29 is 21.9 Å². The fourth-order valence-corrected chi connectivity index (χ4v) is 4.83. The van der Waals surface area contributed by atoms with Crippen molar-refractivity contribution >= 4 is 41.5 Å². The third kappa shape index (κ3) is 4.16. The molecule has 0 spiro atoms. The van der Waals surface area contributed by atoms with Crippen molar-refractivity contribution in [3.05, 3.63) is 46.4 Å². The second kappa shape index (κ2) is 6.30. The minimum Gasteiger partial charge on any atom is -0.507 e. The zero-order chi connectivity index (χ0) is 18.4. The summed E-state index contributed by atoms with van der Waals surface area (Å²) >= 11 is 3.17. The van der Waals surface area contributed by atoms with Gasteiger partial charge in [0.1, 0.15) is 10.6 Å². The summed E-state index contributed by atoms with van der Waals surface area (Å²) < 4.78 is 51.8. The van der Waals surface area contributed by atoms with E-state index in [-0.39, 0.29) is 21.4 Å². The Morgan fingerprint density at radius 2 is 1.76 bits per heavy atom. The maximum atomic E-state index is 12.6. The normalized spacial score (nSPS) is 15.1. The topological polar surface area (TPSA) is 101 Å². The van der Waals surface area contributed by atoms with E-state index in [2.05, 4.69) is 20.7 Å². The van der Waals surface area contributed by atoms with Crippen molar-refractivity contribution in [3.63, 3.8) is 0 Å². The second-order valence-corrected chi connectivity index (χ2v) is 10.6. The van der Waals surface area contributed by atoms with Gasteiger partial charge in [0.25, 0.3) is 10.0 Å². The van der Waals surface area contributed by atoms with Gasteiger partial charge in [0, 0.05) is 10.7 Å². The molecule has 0 amide bonds. The van der Waals surface area contributed by atoms with E-state index in [0.717, 1.165) is 24.7 Å². The molecule has 0 unspecified atom stereocenters. The van der Waals surface area contributed by atoms with Gasteiger partial charge in [-0.1, -0.05) is 15.9 Å². The molecule has 0 aliphatic heterocycles. The monoisotopic (exact) mass is 445 g/mol. The van der Waals surface area contributed by atoms with Crippen LogP contribution in [0.5, 0.6) is 5.75 Å². The largest absolute Gasteiger partial charge is 0.507 e. The zero-order valence-corrected chi connectivity index (χ0v) is 16.4. The third-order valence-electron chi connectivity index (χ3n) is 3.87. The lowest BCUT2D eigenvalue weighted by molar-refractivity contribution is 0.459. The van der Waals surface area contributed by atoms with Gasteiger partial charge in [-0.05, 0) is 60.7 Å². The van der Waals surface area contributed by atoms with Gasteiger partial charge in [0.15, 0.2) is 9.84 Å². The highest BCUT2D eigenvalue weighted by molar-refractivity contribution is 9.10. The molecule has 1 fully saturated rings. The van der Waals surface area contributed by atoms with E-state index in [1.54, 1.807) is 12.1 Å². The molecule has 0 atom stereocenters. The van der Waals surface area contributed by atoms with Crippen LogP contribution in [0.2, 0.25) is 0 Å². The second-order valence-electron chi connectivity index (χ2n) is 6.05. The number of anilines is 1. The summed E-state index contributed by atoms with van der Waals surface area (Å²) in [6.45, 7) is 0. The SMILES string of the molecule is CS(=O)(=O)c1cc(NS(=O)(=O)c2cc(Br)ccc2O)cc(C2CC2)c1. The number of aromatic hydroxyl groups is 1. The lowest BCUT2D eigenvalue weighted by Crippen LogP contribution is -2.14. The van der Waals surface area contributed by atoms with E-state index in [0.29, 0.717) is 4.47 Å². The number of benzene rings is 2. The molecular formula is C16H16BrNO5S2. The highest BCUT2D eigenvalue weighted by Crippen LogP contribution is 2.42. The van der Waals surface area contributed by atoms with Crippen LogP contribution in [-0.4, -0.2) is 28.2 Å². The summed E-state index contributed by atoms with van der Waals surface area (Å²) in [5.41, 5.74) is 0.947. The van der Waals surface area contributed by atoms with E-state index in [1.165, 1.54) is 24.3 Å². The molecule has 6 nitrogen and oxygen atoms in total. The van der Waals surface area contributed by atoms with E-state index in [1.807, 2.05) is 0 Å². The van der Waals surface area contributed by atoms with Crippen LogP contribution in [0.15, 0.2) is 50.7 Å². The summed E-state index contributed by atoms with van der Waals surface area (Å²) in [4.78, 5) is -0.229. The molecule has 2 aromatic rings. The Kier molecular flexibility index (Phi) is 4.59. The predicted molar refractivity (Wildman–Crippen MR) is 98.1 cm³/mol. The van der Waals surface area contributed by atoms with Crippen LogP contribution in [0, 0.1) is 0 Å². The quantitative estimate of drug-likeness (QED) is 0.735. The highest BCUT2D eigenvalue weighted by Gasteiger charge is 2.27. The smallest absolute Gasteiger partial charge is 0.265 e. The van der Waals surface area contributed by atoms with Gasteiger partial charge in [-0.15, -0.1) is 0 Å². The number of phenols is 1. The summed E-state index contributed by atoms with van der Waals surface area (Å²) in [6, 6.07) is 8.57. The summed E-state index contributed by atoms with van der Waals surface area (Å²) in [6.07, 6.45) is 2.98. The highest BCUT2D eigenvalue weighted by atomic mass is 79.9. The van der Waals surface area contributed by atoms with Crippen molar-refractivity contribution in [2.75, 3.05) is 11.0 Å². The van der Waals surface area contributed by atoms with Crippen LogP contribution in [-0.2, 0) is 19.9 Å². The van der Waals surface area contributed by atoms with Crippen LogP contribution in [0.3, 0.4) is 0 Å². The van der Waals surface area contributed by atoms with E-state index in [4.69, 9.17) is 0 Å². The molecular weight excluding hydrogens is 430 g/mol. The average Bonchev–Trinajstić information content (AvgIpc) is 3.32. The fraction of sp³-hybridized carbons (Fsp3) is 0.250. The maximum absolute atomic E-state index is 12.6. The van der Waals surface area contributed by atoms with Gasteiger partial charge in [-0.3, -0.25) is 4.72 Å². The molecule has 1 saturated carbocycles. The molecule has 0 radical (unpaired) electrons. The number of nitrogens with one attached hydrogen (secondary N) is 1. The van der Waals surface area contributed by atoms with Gasteiger partial charge in [0.05, 0.1) is 10.6 Å². The number of halogens is 1. The summed E-state index contributed by atoms with van der Waals surface area (Å²) in [5.74, 6) is -0.137. The van der Waals surface area contributed by atoms with Crippen LogP contribution in [0.1, 0.15) is 24.3 Å². The fourth-order valence-electron chi connectivity index (χ4n) is 2.46. The Balaban J connectivity index is 2.04. The first-order chi connectivity index (χ1) is 11.6. The third-order valence-corrected chi connectivity index (χ3v) is 6.87. The van der Waals surface area contributed by atoms with E-state index >= 15 is 0 Å². The van der Waals surface area contributed by atoms with Gasteiger partial charge < -0.3 is 5.11 Å². The zero-order valence-electron chi connectivity index (χ0n) is 13.2. The molecule has 2 aromatic carbocycles. The number of hydrogen-bond acceptors (Lipinski definition) is 5. The molecule has 0 saturated heterocycles. The van der Waals surface area contributed by atoms with Crippen molar-refractivity contribution in [3.8, 4) is 5.75 Å². The van der Waals surface area contributed by atoms with Crippen molar-refractivity contribution in [1.29, 1.82) is 0 Å². The van der Waals surface area contributed by atoms with Gasteiger partial charge in [-0.25, -0.2) is 16.8 Å². The molecule has 2 N–H and O–H groups in total. The Morgan fingerprint density at radius 3 is 2.36 bits per heavy atom. The molecule has 1 aliphatic rings. The number of hydrogen-bond donors (Lipinski definition) is 2. The van der Waals surface area contributed by atoms with Crippen molar-refractivity contribution in [1.82, 2.24) is 0 Å². The molecule has 1 aliphatic carbocycles. The number of sulfonamides is 1. The molecule has 3 rings (SSSR count). The standard InChI is InChI=1S/C16H16BrNO5S2/c1-24(20,21)14-7-11(10-2-3-10)6-13(9-14)18-25(22,23)16-8-12(17)4-5-15(16)19/h4-10,18-19H,2-3H2,1H3. The first-order valence-corrected chi connectivity index (χ1v) is 11.6. The summed E-state index contributed by atoms with van der Waals surface area (Å²) in [7, 11) is -7.56. The van der Waals surface area contributed by atoms with E-state index in [9.17, 15) is 21.9 Å². The van der Waals surface area contributed by atoms with Crippen LogP contribution in [0.4, 0.5) is 5.69 Å². The minimum absolute atomic E-state index is 0.0630. The van der Waals surface area contributed by atoms with Crippen molar-refractivity contribution in [2.45, 2.75) is 28.6 Å². The lowest BCUT2D eigenvalue weighted by atomic mass is 10.1. The van der Waals surface area contributed by atoms with Gasteiger partial charge in [-0.2, -0.15) is 0 Å². The van der Waals surface area contributed by atoms with E-state index < -0.39 is 25.6 Å². The molecule has 0 heterocycles. The Labute approximate surface area is 155 Å². The Bertz CT molecular complexity index is 1040. The first-order valence-electron chi connectivity index (χ1n) is 7.43. The maximum Gasteiger partial charge on any atom is 0.265 e. The molecule has 9 heteroatoms. The van der Waals surface area contributed by atoms with Crippen LogP contribution in [0.25, 0.3) is 0 Å². The Hall–Kier alpha value is -1.58. The Morgan fingerprint density at radius 1 is 1.08 bits per heavy atom. The molecule has 0 bridgehead atoms. The predicted octanol–water partition coefficient (Wildman–Crippen LogP) is 3.24. The molecule has 0 aromatic heterocycles. The number of sulfone groups is 1. The summed E-state index contributed by atoms with van der Waals surface area (Å²) in [5, 5.41) is 9.85. The van der Waals surface area contributed by atoms with Gasteiger partial charge >= 0.3 is 0 Å². The van der Waals surface area contributed by atoms with Gasteiger partial charge in [0.2, 0.25) is 0 Å².